The van der Waals surface area contributed by atoms with E-state index in [1.807, 2.05) is 26.0 Å². The number of alkyl halides is 1. The molecule has 4 heteroatoms. The van der Waals surface area contributed by atoms with Crippen LogP contribution < -0.4 is 5.56 Å². The third-order valence-corrected chi connectivity index (χ3v) is 3.63. The standard InChI is InChI=1S/C15H15Cl2NO/c1-10-3-4-14(11(2)9-10)18-8-6-13(17)12(5-7-16)15(18)19/h3-4,6,8-9H,5,7H2,1-2H3. The van der Waals surface area contributed by atoms with Crippen LogP contribution in [0.5, 0.6) is 0 Å². The maximum atomic E-state index is 12.4. The third-order valence-electron chi connectivity index (χ3n) is 3.09. The van der Waals surface area contributed by atoms with Crippen LogP contribution in [-0.2, 0) is 6.42 Å². The minimum atomic E-state index is -0.0971. The molecule has 2 nitrogen and oxygen atoms in total. The number of rotatable bonds is 3. The summed E-state index contributed by atoms with van der Waals surface area (Å²) in [6.07, 6.45) is 2.19. The van der Waals surface area contributed by atoms with Crippen molar-refractivity contribution in [1.82, 2.24) is 4.57 Å². The zero-order valence-corrected chi connectivity index (χ0v) is 12.4. The quantitative estimate of drug-likeness (QED) is 0.788. The van der Waals surface area contributed by atoms with Crippen molar-refractivity contribution in [2.75, 3.05) is 5.88 Å². The summed E-state index contributed by atoms with van der Waals surface area (Å²) in [7, 11) is 0. The molecule has 0 unspecified atom stereocenters. The highest BCUT2D eigenvalue weighted by molar-refractivity contribution is 6.31. The molecular weight excluding hydrogens is 281 g/mol. The van der Waals surface area contributed by atoms with E-state index in [1.54, 1.807) is 16.8 Å². The molecule has 0 saturated carbocycles. The number of pyridine rings is 1. The lowest BCUT2D eigenvalue weighted by Crippen LogP contribution is -2.23. The van der Waals surface area contributed by atoms with Crippen LogP contribution in [-0.4, -0.2) is 10.4 Å². The van der Waals surface area contributed by atoms with E-state index in [1.165, 1.54) is 5.56 Å². The van der Waals surface area contributed by atoms with Gasteiger partial charge in [-0.15, -0.1) is 11.6 Å². The van der Waals surface area contributed by atoms with Crippen LogP contribution in [0.3, 0.4) is 0 Å². The third kappa shape index (κ3) is 2.85. The van der Waals surface area contributed by atoms with Crippen molar-refractivity contribution >= 4 is 23.2 Å². The zero-order valence-electron chi connectivity index (χ0n) is 10.9. The summed E-state index contributed by atoms with van der Waals surface area (Å²) in [5.41, 5.74) is 3.58. The molecule has 1 aromatic heterocycles. The number of aromatic nitrogens is 1. The number of benzene rings is 1. The maximum absolute atomic E-state index is 12.4. The minimum absolute atomic E-state index is 0.0971. The molecule has 2 rings (SSSR count). The summed E-state index contributed by atoms with van der Waals surface area (Å²) >= 11 is 11.8. The average molecular weight is 296 g/mol. The van der Waals surface area contributed by atoms with E-state index in [0.717, 1.165) is 11.3 Å². The molecule has 1 heterocycles. The largest absolute Gasteiger partial charge is 0.284 e. The van der Waals surface area contributed by atoms with Gasteiger partial charge in [0.25, 0.3) is 5.56 Å². The second-order valence-electron chi connectivity index (χ2n) is 4.55. The van der Waals surface area contributed by atoms with Gasteiger partial charge in [-0.3, -0.25) is 9.36 Å². The Kier molecular flexibility index (Phi) is 4.33. The van der Waals surface area contributed by atoms with Gasteiger partial charge in [0.15, 0.2) is 0 Å². The van der Waals surface area contributed by atoms with Gasteiger partial charge in [-0.05, 0) is 38.0 Å². The van der Waals surface area contributed by atoms with Crippen LogP contribution in [0, 0.1) is 13.8 Å². The first-order valence-corrected chi connectivity index (χ1v) is 6.99. The molecule has 1 aromatic carbocycles. The smallest absolute Gasteiger partial charge is 0.259 e. The summed E-state index contributed by atoms with van der Waals surface area (Å²) in [5, 5.41) is 0.478. The minimum Gasteiger partial charge on any atom is -0.284 e. The lowest BCUT2D eigenvalue weighted by molar-refractivity contribution is 0.932. The molecule has 100 valence electrons. The Morgan fingerprint density at radius 1 is 1.21 bits per heavy atom. The van der Waals surface area contributed by atoms with E-state index in [2.05, 4.69) is 6.07 Å². The monoisotopic (exact) mass is 295 g/mol. The van der Waals surface area contributed by atoms with Gasteiger partial charge < -0.3 is 0 Å². The molecule has 2 aromatic rings. The molecular formula is C15H15Cl2NO. The van der Waals surface area contributed by atoms with Gasteiger partial charge in [-0.1, -0.05) is 29.3 Å². The van der Waals surface area contributed by atoms with Gasteiger partial charge >= 0.3 is 0 Å². The van der Waals surface area contributed by atoms with Crippen molar-refractivity contribution in [1.29, 1.82) is 0 Å². The average Bonchev–Trinajstić information content (AvgIpc) is 2.36. The topological polar surface area (TPSA) is 22.0 Å². The number of halogens is 2. The molecule has 0 bridgehead atoms. The highest BCUT2D eigenvalue weighted by atomic mass is 35.5. The van der Waals surface area contributed by atoms with Crippen LogP contribution in [0.1, 0.15) is 16.7 Å². The number of aryl methyl sites for hydroxylation is 2. The van der Waals surface area contributed by atoms with Gasteiger partial charge in [0.1, 0.15) is 0 Å². The Morgan fingerprint density at radius 2 is 1.95 bits per heavy atom. The number of nitrogens with zero attached hydrogens (tertiary/aromatic N) is 1. The Labute approximate surface area is 122 Å². The number of hydrogen-bond acceptors (Lipinski definition) is 1. The molecule has 0 radical (unpaired) electrons. The van der Waals surface area contributed by atoms with E-state index in [9.17, 15) is 4.79 Å². The lowest BCUT2D eigenvalue weighted by Gasteiger charge is -2.12. The Bertz CT molecular complexity index is 662. The highest BCUT2D eigenvalue weighted by Crippen LogP contribution is 2.17. The van der Waals surface area contributed by atoms with Crippen molar-refractivity contribution in [3.63, 3.8) is 0 Å². The van der Waals surface area contributed by atoms with Crippen LogP contribution in [0.4, 0.5) is 0 Å². The van der Waals surface area contributed by atoms with Crippen molar-refractivity contribution in [3.05, 3.63) is 62.5 Å². The predicted molar refractivity (Wildman–Crippen MR) is 80.9 cm³/mol. The summed E-state index contributed by atoms with van der Waals surface area (Å²) in [4.78, 5) is 12.4. The van der Waals surface area contributed by atoms with Gasteiger partial charge in [0.2, 0.25) is 0 Å². The SMILES string of the molecule is Cc1ccc(-n2ccc(Cl)c(CCCl)c2=O)c(C)c1. The van der Waals surface area contributed by atoms with Crippen LogP contribution in [0.15, 0.2) is 35.3 Å². The first kappa shape index (κ1) is 14.2. The molecule has 0 spiro atoms. The predicted octanol–water partition coefficient (Wildman–Crippen LogP) is 3.89. The molecule has 0 amide bonds. The van der Waals surface area contributed by atoms with E-state index >= 15 is 0 Å². The fraction of sp³-hybridized carbons (Fsp3) is 0.267. The molecule has 19 heavy (non-hydrogen) atoms. The van der Waals surface area contributed by atoms with Crippen LogP contribution in [0.25, 0.3) is 5.69 Å². The fourth-order valence-electron chi connectivity index (χ4n) is 2.14. The summed E-state index contributed by atoms with van der Waals surface area (Å²) in [6.45, 7) is 4.02. The highest BCUT2D eigenvalue weighted by Gasteiger charge is 2.10. The summed E-state index contributed by atoms with van der Waals surface area (Å²) in [6, 6.07) is 7.73. The second kappa shape index (κ2) is 5.81. The van der Waals surface area contributed by atoms with Crippen molar-refractivity contribution in [2.45, 2.75) is 20.3 Å². The first-order chi connectivity index (χ1) is 9.04. The van der Waals surface area contributed by atoms with Crippen LogP contribution in [0.2, 0.25) is 5.02 Å². The van der Waals surface area contributed by atoms with Gasteiger partial charge in [0, 0.05) is 17.6 Å². The molecule has 0 fully saturated rings. The molecule has 0 N–H and O–H groups in total. The van der Waals surface area contributed by atoms with Crippen LogP contribution >= 0.6 is 23.2 Å². The van der Waals surface area contributed by atoms with Crippen molar-refractivity contribution in [3.8, 4) is 5.69 Å². The lowest BCUT2D eigenvalue weighted by atomic mass is 10.1. The van der Waals surface area contributed by atoms with Crippen molar-refractivity contribution in [2.24, 2.45) is 0 Å². The summed E-state index contributed by atoms with van der Waals surface area (Å²) < 4.78 is 1.63. The fourth-order valence-corrected chi connectivity index (χ4v) is 2.56. The summed E-state index contributed by atoms with van der Waals surface area (Å²) in [5.74, 6) is 0.381. The normalized spacial score (nSPS) is 10.7. The Hall–Kier alpha value is -1.25. The molecule has 0 aliphatic rings. The van der Waals surface area contributed by atoms with Gasteiger partial charge in [0.05, 0.1) is 10.7 Å². The van der Waals surface area contributed by atoms with E-state index in [4.69, 9.17) is 23.2 Å². The Morgan fingerprint density at radius 3 is 2.58 bits per heavy atom. The Balaban J connectivity index is 2.63. The van der Waals surface area contributed by atoms with Gasteiger partial charge in [-0.2, -0.15) is 0 Å². The maximum Gasteiger partial charge on any atom is 0.259 e. The van der Waals surface area contributed by atoms with E-state index < -0.39 is 0 Å². The second-order valence-corrected chi connectivity index (χ2v) is 5.33. The van der Waals surface area contributed by atoms with Crippen molar-refractivity contribution < 1.29 is 0 Å². The molecule has 0 saturated heterocycles. The van der Waals surface area contributed by atoms with Gasteiger partial charge in [-0.25, -0.2) is 0 Å². The van der Waals surface area contributed by atoms with E-state index in [0.29, 0.717) is 22.9 Å². The first-order valence-electron chi connectivity index (χ1n) is 6.08. The molecule has 0 aliphatic carbocycles. The number of hydrogen-bond donors (Lipinski definition) is 0. The molecule has 0 aliphatic heterocycles. The van der Waals surface area contributed by atoms with E-state index in [-0.39, 0.29) is 5.56 Å². The molecule has 0 atom stereocenters. The zero-order chi connectivity index (χ0) is 14.0.